The highest BCUT2D eigenvalue weighted by atomic mass is 35.5. The fourth-order valence-corrected chi connectivity index (χ4v) is 1.95. The quantitative estimate of drug-likeness (QED) is 0.819. The minimum atomic E-state index is -0.189. The van der Waals surface area contributed by atoms with Gasteiger partial charge in [0.2, 0.25) is 0 Å². The number of rotatable bonds is 2. The van der Waals surface area contributed by atoms with Crippen molar-refractivity contribution in [2.45, 2.75) is 6.29 Å². The highest BCUT2D eigenvalue weighted by Gasteiger charge is 2.27. The van der Waals surface area contributed by atoms with Crippen LogP contribution in [0, 0.1) is 0 Å². The number of anilines is 1. The average Bonchev–Trinajstić information content (AvgIpc) is 2.74. The molecule has 0 spiro atoms. The maximum atomic E-state index is 5.84. The van der Waals surface area contributed by atoms with E-state index in [9.17, 15) is 0 Å². The number of halogens is 2. The van der Waals surface area contributed by atoms with E-state index in [1.807, 2.05) is 29.2 Å². The lowest BCUT2D eigenvalue weighted by Gasteiger charge is -2.24. The first-order valence-electron chi connectivity index (χ1n) is 5.27. The Morgan fingerprint density at radius 2 is 2.00 bits per heavy atom. The Hall–Kier alpha value is -1.72. The predicted molar refractivity (Wildman–Crippen MR) is 73.7 cm³/mol. The van der Waals surface area contributed by atoms with Crippen molar-refractivity contribution in [3.63, 3.8) is 0 Å². The minimum absolute atomic E-state index is 0.189. The number of benzene rings is 1. The molecule has 2 aliphatic heterocycles. The number of hydrogen-bond donors (Lipinski definition) is 2. The summed E-state index contributed by atoms with van der Waals surface area (Å²) in [5, 5.41) is 8.53. The van der Waals surface area contributed by atoms with Crippen LogP contribution in [0.4, 0.5) is 5.69 Å². The summed E-state index contributed by atoms with van der Waals surface area (Å²) in [6, 6.07) is 7.43. The van der Waals surface area contributed by atoms with Gasteiger partial charge in [0.25, 0.3) is 0 Å². The number of aliphatic imine (C=N–C) groups is 1. The summed E-state index contributed by atoms with van der Waals surface area (Å²) in [5.74, 6) is 0.724. The summed E-state index contributed by atoms with van der Waals surface area (Å²) < 4.78 is 0. The molecule has 1 atom stereocenters. The second-order valence-electron chi connectivity index (χ2n) is 3.77. The average molecular weight is 282 g/mol. The SMILES string of the molecule is ClC1=CC2=NN[C@H](Nc3ccc(Cl)cc3)N2C=N1. The molecule has 5 nitrogen and oxygen atoms in total. The molecule has 1 aromatic rings. The van der Waals surface area contributed by atoms with E-state index in [2.05, 4.69) is 20.8 Å². The minimum Gasteiger partial charge on any atom is -0.347 e. The topological polar surface area (TPSA) is 52.0 Å². The van der Waals surface area contributed by atoms with Crippen molar-refractivity contribution in [1.29, 1.82) is 0 Å². The van der Waals surface area contributed by atoms with Crippen LogP contribution in [0.25, 0.3) is 0 Å². The molecule has 1 aromatic carbocycles. The number of hydrogen-bond acceptors (Lipinski definition) is 5. The molecule has 0 saturated heterocycles. The van der Waals surface area contributed by atoms with Crippen LogP contribution in [-0.4, -0.2) is 23.4 Å². The molecule has 0 aliphatic carbocycles. The maximum absolute atomic E-state index is 5.84. The van der Waals surface area contributed by atoms with Crippen molar-refractivity contribution < 1.29 is 0 Å². The Morgan fingerprint density at radius 3 is 2.78 bits per heavy atom. The van der Waals surface area contributed by atoms with Gasteiger partial charge in [-0.15, -0.1) is 0 Å². The van der Waals surface area contributed by atoms with Crippen LogP contribution in [0.1, 0.15) is 0 Å². The van der Waals surface area contributed by atoms with E-state index in [1.165, 1.54) is 0 Å². The third kappa shape index (κ3) is 2.14. The van der Waals surface area contributed by atoms with Crippen LogP contribution in [-0.2, 0) is 0 Å². The molecule has 7 heteroatoms. The Labute approximate surface area is 114 Å². The van der Waals surface area contributed by atoms with E-state index in [1.54, 1.807) is 12.4 Å². The molecule has 0 saturated carbocycles. The molecule has 0 bridgehead atoms. The Balaban J connectivity index is 1.73. The van der Waals surface area contributed by atoms with Gasteiger partial charge in [0.15, 0.2) is 12.1 Å². The highest BCUT2D eigenvalue weighted by Crippen LogP contribution is 2.18. The largest absolute Gasteiger partial charge is 0.347 e. The van der Waals surface area contributed by atoms with Crippen LogP contribution in [0.5, 0.6) is 0 Å². The van der Waals surface area contributed by atoms with Crippen LogP contribution in [0.15, 0.2) is 45.6 Å². The Morgan fingerprint density at radius 1 is 1.22 bits per heavy atom. The van der Waals surface area contributed by atoms with Crippen LogP contribution < -0.4 is 10.7 Å². The van der Waals surface area contributed by atoms with Crippen molar-refractivity contribution in [1.82, 2.24) is 10.3 Å². The lowest BCUT2D eigenvalue weighted by molar-refractivity contribution is 0.461. The summed E-state index contributed by atoms with van der Waals surface area (Å²) in [6.45, 7) is 0. The molecular weight excluding hydrogens is 273 g/mol. The maximum Gasteiger partial charge on any atom is 0.197 e. The van der Waals surface area contributed by atoms with Gasteiger partial charge in [-0.3, -0.25) is 10.3 Å². The van der Waals surface area contributed by atoms with E-state index in [0.717, 1.165) is 11.5 Å². The van der Waals surface area contributed by atoms with Gasteiger partial charge in [-0.05, 0) is 24.3 Å². The lowest BCUT2D eigenvalue weighted by Crippen LogP contribution is -2.45. The molecule has 0 fully saturated rings. The molecule has 0 amide bonds. The Bertz CT molecular complexity index is 549. The number of nitrogens with zero attached hydrogens (tertiary/aromatic N) is 3. The zero-order chi connectivity index (χ0) is 12.5. The van der Waals surface area contributed by atoms with Crippen molar-refractivity contribution in [2.24, 2.45) is 10.1 Å². The molecule has 2 N–H and O–H groups in total. The second-order valence-corrected chi connectivity index (χ2v) is 4.60. The van der Waals surface area contributed by atoms with Gasteiger partial charge in [-0.2, -0.15) is 5.10 Å². The second kappa shape index (κ2) is 4.51. The first kappa shape index (κ1) is 11.4. The standard InChI is InChI=1S/C11H9Cl2N5/c12-7-1-3-8(4-2-7)15-11-17-16-10-5-9(13)14-6-18(10)11/h1-6,11,15,17H/t11-/m0/s1. The molecule has 2 heterocycles. The zero-order valence-electron chi connectivity index (χ0n) is 9.14. The molecule has 0 radical (unpaired) electrons. The van der Waals surface area contributed by atoms with Gasteiger partial charge in [0.05, 0.1) is 0 Å². The third-order valence-electron chi connectivity index (χ3n) is 2.55. The summed E-state index contributed by atoms with van der Waals surface area (Å²) in [7, 11) is 0. The highest BCUT2D eigenvalue weighted by molar-refractivity contribution is 6.32. The zero-order valence-corrected chi connectivity index (χ0v) is 10.7. The smallest absolute Gasteiger partial charge is 0.197 e. The predicted octanol–water partition coefficient (Wildman–Crippen LogP) is 2.38. The molecule has 0 aromatic heterocycles. The van der Waals surface area contributed by atoms with Gasteiger partial charge in [0, 0.05) is 16.8 Å². The number of fused-ring (bicyclic) bond motifs is 1. The van der Waals surface area contributed by atoms with Crippen LogP contribution in [0.3, 0.4) is 0 Å². The lowest BCUT2D eigenvalue weighted by atomic mass is 10.3. The Kier molecular flexibility index (Phi) is 2.85. The molecule has 3 rings (SSSR count). The number of hydrazone groups is 1. The normalized spacial score (nSPS) is 21.0. The fraction of sp³-hybridized carbons (Fsp3) is 0.0909. The van der Waals surface area contributed by atoms with Gasteiger partial charge in [0.1, 0.15) is 11.5 Å². The van der Waals surface area contributed by atoms with E-state index in [-0.39, 0.29) is 6.29 Å². The summed E-state index contributed by atoms with van der Waals surface area (Å²) in [4.78, 5) is 5.87. The third-order valence-corrected chi connectivity index (χ3v) is 3.00. The fourth-order valence-electron chi connectivity index (χ4n) is 1.68. The van der Waals surface area contributed by atoms with Crippen molar-refractivity contribution in [3.05, 3.63) is 40.5 Å². The van der Waals surface area contributed by atoms with E-state index >= 15 is 0 Å². The van der Waals surface area contributed by atoms with Gasteiger partial charge < -0.3 is 5.32 Å². The van der Waals surface area contributed by atoms with E-state index < -0.39 is 0 Å². The summed E-state index contributed by atoms with van der Waals surface area (Å²) in [5.41, 5.74) is 3.89. The summed E-state index contributed by atoms with van der Waals surface area (Å²) in [6.07, 6.45) is 3.14. The van der Waals surface area contributed by atoms with Gasteiger partial charge in [-0.1, -0.05) is 23.2 Å². The van der Waals surface area contributed by atoms with Gasteiger partial charge >= 0.3 is 0 Å². The molecule has 92 valence electrons. The molecule has 18 heavy (non-hydrogen) atoms. The van der Waals surface area contributed by atoms with Gasteiger partial charge in [-0.25, -0.2) is 4.99 Å². The van der Waals surface area contributed by atoms with E-state index in [4.69, 9.17) is 23.2 Å². The first-order chi connectivity index (χ1) is 8.72. The van der Waals surface area contributed by atoms with Crippen molar-refractivity contribution >= 4 is 41.1 Å². The molecule has 2 aliphatic rings. The number of amidine groups is 1. The molecule has 0 unspecified atom stereocenters. The van der Waals surface area contributed by atoms with Crippen molar-refractivity contribution in [3.8, 4) is 0 Å². The van der Waals surface area contributed by atoms with Crippen LogP contribution in [0.2, 0.25) is 5.02 Å². The summed E-state index contributed by atoms with van der Waals surface area (Å²) >= 11 is 11.6. The van der Waals surface area contributed by atoms with Crippen LogP contribution >= 0.6 is 23.2 Å². The molecular formula is C11H9Cl2N5. The van der Waals surface area contributed by atoms with Crippen molar-refractivity contribution in [2.75, 3.05) is 5.32 Å². The monoisotopic (exact) mass is 281 g/mol. The number of nitrogens with one attached hydrogen (secondary N) is 2. The van der Waals surface area contributed by atoms with E-state index in [0.29, 0.717) is 10.2 Å². The first-order valence-corrected chi connectivity index (χ1v) is 6.03.